The molecule has 0 bridgehead atoms. The first-order valence-corrected chi connectivity index (χ1v) is 7.90. The molecular formula is C16H23FN2OS. The van der Waals surface area contributed by atoms with Crippen molar-refractivity contribution >= 4 is 22.9 Å². The standard InChI is InChI=1S/C16H23FN2OS/c1-3-16(4-2)10-12(7-8-20-16)19-14-6-5-11(15(18)21)9-13(14)17/h5-6,9,12,19H,3-4,7-8,10H2,1-2H3,(H2,18,21). The smallest absolute Gasteiger partial charge is 0.146 e. The Morgan fingerprint density at radius 1 is 1.48 bits per heavy atom. The van der Waals surface area contributed by atoms with Crippen LogP contribution in [-0.4, -0.2) is 23.2 Å². The van der Waals surface area contributed by atoms with Crippen molar-refractivity contribution in [1.29, 1.82) is 0 Å². The largest absolute Gasteiger partial charge is 0.389 e. The van der Waals surface area contributed by atoms with Crippen molar-refractivity contribution in [1.82, 2.24) is 0 Å². The third-order valence-corrected chi connectivity index (χ3v) is 4.63. The fraction of sp³-hybridized carbons (Fsp3) is 0.562. The van der Waals surface area contributed by atoms with Gasteiger partial charge < -0.3 is 15.8 Å². The first-order valence-electron chi connectivity index (χ1n) is 7.49. The summed E-state index contributed by atoms with van der Waals surface area (Å²) in [4.78, 5) is 0.211. The van der Waals surface area contributed by atoms with E-state index in [9.17, 15) is 4.39 Å². The molecule has 1 saturated heterocycles. The average Bonchev–Trinajstić information content (AvgIpc) is 2.49. The van der Waals surface area contributed by atoms with E-state index in [1.807, 2.05) is 0 Å². The van der Waals surface area contributed by atoms with E-state index in [1.165, 1.54) is 6.07 Å². The van der Waals surface area contributed by atoms with Crippen LogP contribution in [0.15, 0.2) is 18.2 Å². The van der Waals surface area contributed by atoms with Crippen molar-refractivity contribution in [2.75, 3.05) is 11.9 Å². The summed E-state index contributed by atoms with van der Waals surface area (Å²) in [6, 6.07) is 5.07. The second-order valence-electron chi connectivity index (χ2n) is 5.63. The number of anilines is 1. The van der Waals surface area contributed by atoms with Gasteiger partial charge in [0, 0.05) is 18.2 Å². The van der Waals surface area contributed by atoms with Gasteiger partial charge >= 0.3 is 0 Å². The van der Waals surface area contributed by atoms with E-state index >= 15 is 0 Å². The van der Waals surface area contributed by atoms with Crippen molar-refractivity contribution in [3.8, 4) is 0 Å². The second kappa shape index (κ2) is 6.71. The minimum atomic E-state index is -0.314. The van der Waals surface area contributed by atoms with Crippen LogP contribution in [0.2, 0.25) is 0 Å². The molecule has 3 N–H and O–H groups in total. The molecule has 1 aliphatic rings. The molecule has 0 aromatic heterocycles. The van der Waals surface area contributed by atoms with E-state index in [0.29, 0.717) is 17.9 Å². The molecule has 1 fully saturated rings. The highest BCUT2D eigenvalue weighted by Crippen LogP contribution is 2.33. The summed E-state index contributed by atoms with van der Waals surface area (Å²) in [6.07, 6.45) is 3.74. The van der Waals surface area contributed by atoms with Crippen LogP contribution in [0.1, 0.15) is 45.1 Å². The van der Waals surface area contributed by atoms with Gasteiger partial charge in [0.15, 0.2) is 0 Å². The van der Waals surface area contributed by atoms with E-state index in [4.69, 9.17) is 22.7 Å². The summed E-state index contributed by atoms with van der Waals surface area (Å²) in [6.45, 7) is 5.00. The molecule has 0 aliphatic carbocycles. The summed E-state index contributed by atoms with van der Waals surface area (Å²) >= 11 is 4.86. The molecule has 0 amide bonds. The molecule has 0 radical (unpaired) electrons. The molecule has 116 valence electrons. The third-order valence-electron chi connectivity index (χ3n) is 4.39. The number of thiocarbonyl (C=S) groups is 1. The number of rotatable bonds is 5. The maximum Gasteiger partial charge on any atom is 0.146 e. The molecule has 1 aromatic carbocycles. The lowest BCUT2D eigenvalue weighted by atomic mass is 9.86. The lowest BCUT2D eigenvalue weighted by molar-refractivity contribution is -0.0864. The summed E-state index contributed by atoms with van der Waals surface area (Å²) in [7, 11) is 0. The number of hydrogen-bond donors (Lipinski definition) is 2. The van der Waals surface area contributed by atoms with Gasteiger partial charge in [-0.2, -0.15) is 0 Å². The summed E-state index contributed by atoms with van der Waals surface area (Å²) in [5.41, 5.74) is 6.49. The van der Waals surface area contributed by atoms with Gasteiger partial charge in [-0.25, -0.2) is 4.39 Å². The van der Waals surface area contributed by atoms with Crippen LogP contribution in [-0.2, 0) is 4.74 Å². The van der Waals surface area contributed by atoms with E-state index in [0.717, 1.165) is 25.7 Å². The van der Waals surface area contributed by atoms with Gasteiger partial charge in [-0.3, -0.25) is 0 Å². The fourth-order valence-corrected chi connectivity index (χ4v) is 3.03. The molecule has 1 unspecified atom stereocenters. The van der Waals surface area contributed by atoms with Crippen molar-refractivity contribution in [2.24, 2.45) is 5.73 Å². The van der Waals surface area contributed by atoms with Gasteiger partial charge in [-0.15, -0.1) is 0 Å². The van der Waals surface area contributed by atoms with Crippen molar-refractivity contribution < 1.29 is 9.13 Å². The summed E-state index contributed by atoms with van der Waals surface area (Å²) in [5.74, 6) is -0.314. The normalized spacial score (nSPS) is 21.0. The van der Waals surface area contributed by atoms with Gasteiger partial charge in [0.1, 0.15) is 10.8 Å². The van der Waals surface area contributed by atoms with E-state index < -0.39 is 0 Å². The zero-order valence-corrected chi connectivity index (χ0v) is 13.4. The third kappa shape index (κ3) is 3.71. The summed E-state index contributed by atoms with van der Waals surface area (Å²) in [5, 5.41) is 3.30. The SMILES string of the molecule is CCC1(CC)CC(Nc2ccc(C(N)=S)cc2F)CCO1. The molecule has 3 nitrogen and oxygen atoms in total. The highest BCUT2D eigenvalue weighted by atomic mass is 32.1. The Morgan fingerprint density at radius 2 is 2.19 bits per heavy atom. The number of nitrogens with two attached hydrogens (primary N) is 1. The topological polar surface area (TPSA) is 47.3 Å². The number of benzene rings is 1. The van der Waals surface area contributed by atoms with E-state index in [-0.39, 0.29) is 22.4 Å². The quantitative estimate of drug-likeness (QED) is 0.816. The van der Waals surface area contributed by atoms with Gasteiger partial charge in [-0.1, -0.05) is 26.1 Å². The fourth-order valence-electron chi connectivity index (χ4n) is 2.90. The monoisotopic (exact) mass is 310 g/mol. The number of ether oxygens (including phenoxy) is 1. The highest BCUT2D eigenvalue weighted by Gasteiger charge is 2.34. The minimum absolute atomic E-state index is 0.0782. The lowest BCUT2D eigenvalue weighted by Gasteiger charge is -2.40. The predicted molar refractivity (Wildman–Crippen MR) is 88.2 cm³/mol. The molecule has 1 aromatic rings. The first-order chi connectivity index (χ1) is 9.99. The molecule has 2 rings (SSSR count). The van der Waals surface area contributed by atoms with Crippen molar-refractivity contribution in [2.45, 2.75) is 51.2 Å². The molecule has 0 saturated carbocycles. The Morgan fingerprint density at radius 3 is 2.76 bits per heavy atom. The predicted octanol–water partition coefficient (Wildman–Crippen LogP) is 3.61. The molecule has 1 heterocycles. The van der Waals surface area contributed by atoms with Crippen molar-refractivity contribution in [3.63, 3.8) is 0 Å². The molecule has 1 atom stereocenters. The lowest BCUT2D eigenvalue weighted by Crippen LogP contribution is -2.43. The Balaban J connectivity index is 2.09. The maximum atomic E-state index is 14.1. The first kappa shape index (κ1) is 16.2. The van der Waals surface area contributed by atoms with Crippen LogP contribution in [0.4, 0.5) is 10.1 Å². The Bertz CT molecular complexity index is 517. The zero-order chi connectivity index (χ0) is 15.5. The summed E-state index contributed by atoms with van der Waals surface area (Å²) < 4.78 is 20.1. The van der Waals surface area contributed by atoms with Crippen LogP contribution >= 0.6 is 12.2 Å². The van der Waals surface area contributed by atoms with Gasteiger partial charge in [0.05, 0.1) is 11.3 Å². The van der Waals surface area contributed by atoms with Crippen LogP contribution in [0.25, 0.3) is 0 Å². The molecule has 5 heteroatoms. The minimum Gasteiger partial charge on any atom is -0.389 e. The van der Waals surface area contributed by atoms with Crippen LogP contribution in [0, 0.1) is 5.82 Å². The highest BCUT2D eigenvalue weighted by molar-refractivity contribution is 7.80. The molecular weight excluding hydrogens is 287 g/mol. The number of halogens is 1. The Labute approximate surface area is 131 Å². The van der Waals surface area contributed by atoms with Crippen LogP contribution < -0.4 is 11.1 Å². The van der Waals surface area contributed by atoms with Crippen LogP contribution in [0.5, 0.6) is 0 Å². The van der Waals surface area contributed by atoms with Gasteiger partial charge in [-0.05, 0) is 43.9 Å². The number of hydrogen-bond acceptors (Lipinski definition) is 3. The van der Waals surface area contributed by atoms with Gasteiger partial charge in [0.2, 0.25) is 0 Å². The second-order valence-corrected chi connectivity index (χ2v) is 6.07. The zero-order valence-electron chi connectivity index (χ0n) is 12.6. The molecule has 0 spiro atoms. The van der Waals surface area contributed by atoms with Gasteiger partial charge in [0.25, 0.3) is 0 Å². The van der Waals surface area contributed by atoms with Crippen LogP contribution in [0.3, 0.4) is 0 Å². The maximum absolute atomic E-state index is 14.1. The Hall–Kier alpha value is -1.20. The average molecular weight is 310 g/mol. The van der Waals surface area contributed by atoms with Crippen molar-refractivity contribution in [3.05, 3.63) is 29.6 Å². The molecule has 1 aliphatic heterocycles. The van der Waals surface area contributed by atoms with E-state index in [1.54, 1.807) is 12.1 Å². The number of nitrogens with one attached hydrogen (secondary N) is 1. The van der Waals surface area contributed by atoms with E-state index in [2.05, 4.69) is 19.2 Å². The molecule has 21 heavy (non-hydrogen) atoms. The Kier molecular flexibility index (Phi) is 5.17.